The topological polar surface area (TPSA) is 157 Å². The second-order valence-corrected chi connectivity index (χ2v) is 14.0. The fourth-order valence-corrected chi connectivity index (χ4v) is 7.46. The van der Waals surface area contributed by atoms with Crippen LogP contribution in [0.2, 0.25) is 5.02 Å². The van der Waals surface area contributed by atoms with Gasteiger partial charge in [-0.25, -0.2) is 4.79 Å². The highest BCUT2D eigenvalue weighted by Gasteiger charge is 2.32. The Morgan fingerprint density at radius 1 is 0.867 bits per heavy atom. The molecule has 0 radical (unpaired) electrons. The Morgan fingerprint density at radius 3 is 1.91 bits per heavy atom. The van der Waals surface area contributed by atoms with Gasteiger partial charge in [0.05, 0.1) is 33.5 Å². The van der Waals surface area contributed by atoms with Crippen molar-refractivity contribution in [2.45, 2.75) is 28.8 Å². The van der Waals surface area contributed by atoms with Crippen LogP contribution in [0.5, 0.6) is 0 Å². The van der Waals surface area contributed by atoms with Gasteiger partial charge in [0.2, 0.25) is 0 Å². The monoisotopic (exact) mass is 697 g/mol. The molecular weight excluding hydrogens is 666 g/mol. The molecule has 0 aliphatic carbocycles. The number of carbonyl (C=O) groups is 1. The van der Waals surface area contributed by atoms with E-state index in [1.54, 1.807) is 11.3 Å². The Labute approximate surface area is 270 Å². The molecule has 11 nitrogen and oxygen atoms in total. The van der Waals surface area contributed by atoms with E-state index in [0.29, 0.717) is 5.02 Å². The first-order valence-corrected chi connectivity index (χ1v) is 17.8. The lowest BCUT2D eigenvalue weighted by atomic mass is 10.0. The van der Waals surface area contributed by atoms with Crippen molar-refractivity contribution < 1.29 is 44.9 Å². The summed E-state index contributed by atoms with van der Waals surface area (Å²) in [4.78, 5) is 15.0. The maximum Gasteiger partial charge on any atom is 0.327 e. The smallest absolute Gasteiger partial charge is 0.327 e. The third-order valence-corrected chi connectivity index (χ3v) is 10.2. The minimum absolute atomic E-state index is 0.0233. The van der Waals surface area contributed by atoms with Crippen LogP contribution in [0, 0.1) is 0 Å². The number of hydrogen-bond donors (Lipinski definition) is 2. The molecule has 0 bridgehead atoms. The zero-order valence-electron chi connectivity index (χ0n) is 24.2. The number of rotatable bonds is 5. The van der Waals surface area contributed by atoms with Gasteiger partial charge in [-0.2, -0.15) is 16.8 Å². The molecule has 0 amide bonds. The average Bonchev–Trinajstić information content (AvgIpc) is 3.50. The number of hydrogen-bond acceptors (Lipinski definition) is 10. The molecular formula is C30H32ClNO10S3. The number of ether oxygens (including phenoxy) is 3. The van der Waals surface area contributed by atoms with Gasteiger partial charge in [0.15, 0.2) is 0 Å². The van der Waals surface area contributed by atoms with E-state index >= 15 is 0 Å². The quantitative estimate of drug-likeness (QED) is 0.213. The molecule has 242 valence electrons. The predicted molar refractivity (Wildman–Crippen MR) is 170 cm³/mol. The molecule has 1 fully saturated rings. The fraction of sp³-hybridized carbons (Fsp3) is 0.300. The van der Waals surface area contributed by atoms with E-state index in [9.17, 15) is 21.6 Å². The molecule has 3 aromatic carbocycles. The summed E-state index contributed by atoms with van der Waals surface area (Å²) in [5.74, 6) is -0.262. The summed E-state index contributed by atoms with van der Waals surface area (Å²) in [5.41, 5.74) is 2.11. The van der Waals surface area contributed by atoms with Gasteiger partial charge in [-0.3, -0.25) is 14.0 Å². The van der Waals surface area contributed by atoms with Crippen molar-refractivity contribution in [3.8, 4) is 0 Å². The number of fused-ring (bicyclic) bond motifs is 2. The zero-order chi connectivity index (χ0) is 32.6. The van der Waals surface area contributed by atoms with Crippen LogP contribution in [-0.2, 0) is 52.2 Å². The third-order valence-electron chi connectivity index (χ3n) is 6.97. The number of esters is 1. The van der Waals surface area contributed by atoms with Crippen LogP contribution >= 0.6 is 22.9 Å². The molecule has 0 unspecified atom stereocenters. The standard InChI is InChI=1S/C16H16ClNO2S.C10H8O6S2.C4H8O2/c1-20-16(19)15(12-4-2-3-5-13(12)17)18-8-6-14-11(10-18)7-9-21-14;11-17(12,13)9-5-1-3-7-8(9)4-2-6-10(7)18(14,15)16;1-2-6-4-3-5-1/h2-5,7,9,15H,6,8,10H2,1H3;1-6H,(H,11,12,13)(H,14,15,16);1-4H2/t15-;;/m0../s1. The Balaban J connectivity index is 0.000000174. The average molecular weight is 698 g/mol. The van der Waals surface area contributed by atoms with Gasteiger partial charge < -0.3 is 14.2 Å². The molecule has 4 aromatic rings. The van der Waals surface area contributed by atoms with Crippen molar-refractivity contribution in [2.24, 2.45) is 0 Å². The zero-order valence-corrected chi connectivity index (χ0v) is 27.4. The lowest BCUT2D eigenvalue weighted by Gasteiger charge is -2.33. The molecule has 2 aliphatic heterocycles. The van der Waals surface area contributed by atoms with Gasteiger partial charge in [-0.05, 0) is 47.2 Å². The Bertz CT molecular complexity index is 1760. The minimum Gasteiger partial charge on any atom is -0.468 e. The predicted octanol–water partition coefficient (Wildman–Crippen LogP) is 5.04. The van der Waals surface area contributed by atoms with E-state index < -0.39 is 36.1 Å². The van der Waals surface area contributed by atoms with Crippen LogP contribution in [0.25, 0.3) is 10.8 Å². The van der Waals surface area contributed by atoms with Crippen LogP contribution in [0.15, 0.2) is 81.9 Å². The summed E-state index contributed by atoms with van der Waals surface area (Å²) >= 11 is 8.07. The van der Waals surface area contributed by atoms with Crippen molar-refractivity contribution in [3.63, 3.8) is 0 Å². The number of halogens is 1. The van der Waals surface area contributed by atoms with Gasteiger partial charge in [-0.15, -0.1) is 11.3 Å². The van der Waals surface area contributed by atoms with E-state index in [2.05, 4.69) is 16.3 Å². The van der Waals surface area contributed by atoms with Gasteiger partial charge in [-0.1, -0.05) is 54.1 Å². The largest absolute Gasteiger partial charge is 0.468 e. The summed E-state index contributed by atoms with van der Waals surface area (Å²) in [5, 5.41) is 2.76. The maximum absolute atomic E-state index is 12.3. The molecule has 0 spiro atoms. The summed E-state index contributed by atoms with van der Waals surface area (Å²) in [6, 6.07) is 16.7. The molecule has 15 heteroatoms. The Hall–Kier alpha value is -2.92. The molecule has 3 heterocycles. The number of nitrogens with zero attached hydrogens (tertiary/aromatic N) is 1. The van der Waals surface area contributed by atoms with Crippen molar-refractivity contribution in [1.29, 1.82) is 0 Å². The SMILES string of the molecule is C1COCCO1.COC(=O)[C@H](c1ccccc1Cl)N1CCc2sccc2C1.O=S(=O)(O)c1cccc2c(S(=O)(=O)O)cccc12. The van der Waals surface area contributed by atoms with Gasteiger partial charge in [0.25, 0.3) is 20.2 Å². The van der Waals surface area contributed by atoms with E-state index in [-0.39, 0.29) is 16.7 Å². The second kappa shape index (κ2) is 15.6. The van der Waals surface area contributed by atoms with Gasteiger partial charge in [0.1, 0.15) is 15.8 Å². The number of benzene rings is 3. The lowest BCUT2D eigenvalue weighted by molar-refractivity contribution is -0.147. The van der Waals surface area contributed by atoms with Crippen LogP contribution < -0.4 is 0 Å². The molecule has 1 saturated heterocycles. The minimum atomic E-state index is -4.47. The lowest BCUT2D eigenvalue weighted by Crippen LogP contribution is -2.38. The van der Waals surface area contributed by atoms with Crippen molar-refractivity contribution in [2.75, 3.05) is 40.1 Å². The first-order valence-electron chi connectivity index (χ1n) is 13.7. The molecule has 6 rings (SSSR count). The van der Waals surface area contributed by atoms with Crippen LogP contribution in [0.4, 0.5) is 0 Å². The Morgan fingerprint density at radius 2 is 1.42 bits per heavy atom. The van der Waals surface area contributed by atoms with Crippen LogP contribution in [-0.4, -0.2) is 76.9 Å². The number of carbonyl (C=O) groups excluding carboxylic acids is 1. The fourth-order valence-electron chi connectivity index (χ4n) is 4.91. The highest BCUT2D eigenvalue weighted by molar-refractivity contribution is 7.86. The number of thiophene rings is 1. The third kappa shape index (κ3) is 9.09. The summed E-state index contributed by atoms with van der Waals surface area (Å²) < 4.78 is 77.6. The molecule has 2 N–H and O–H groups in total. The second-order valence-electron chi connectivity index (χ2n) is 9.82. The van der Waals surface area contributed by atoms with E-state index in [1.165, 1.54) is 41.8 Å². The molecule has 45 heavy (non-hydrogen) atoms. The highest BCUT2D eigenvalue weighted by Crippen LogP contribution is 2.34. The molecule has 1 atom stereocenters. The summed E-state index contributed by atoms with van der Waals surface area (Å²) in [7, 11) is -7.51. The highest BCUT2D eigenvalue weighted by atomic mass is 35.5. The normalized spacial score (nSPS) is 15.9. The van der Waals surface area contributed by atoms with Crippen LogP contribution in [0.3, 0.4) is 0 Å². The van der Waals surface area contributed by atoms with E-state index in [1.807, 2.05) is 24.3 Å². The molecule has 0 saturated carbocycles. The van der Waals surface area contributed by atoms with Crippen molar-refractivity contribution in [3.05, 3.63) is 93.1 Å². The first kappa shape index (κ1) is 34.9. The number of methoxy groups -OCH3 is 1. The van der Waals surface area contributed by atoms with Gasteiger partial charge >= 0.3 is 5.97 Å². The van der Waals surface area contributed by atoms with Crippen molar-refractivity contribution in [1.82, 2.24) is 4.90 Å². The molecule has 2 aliphatic rings. The van der Waals surface area contributed by atoms with Crippen molar-refractivity contribution >= 4 is 59.9 Å². The maximum atomic E-state index is 12.3. The molecule has 1 aromatic heterocycles. The Kier molecular flexibility index (Phi) is 12.1. The summed E-state index contributed by atoms with van der Waals surface area (Å²) in [6.07, 6.45) is 0.963. The summed E-state index contributed by atoms with van der Waals surface area (Å²) in [6.45, 7) is 4.70. The van der Waals surface area contributed by atoms with Crippen LogP contribution in [0.1, 0.15) is 22.0 Å². The first-order chi connectivity index (χ1) is 21.4. The van der Waals surface area contributed by atoms with E-state index in [4.69, 9.17) is 34.9 Å². The van der Waals surface area contributed by atoms with E-state index in [0.717, 1.165) is 63.6 Å². The van der Waals surface area contributed by atoms with Gasteiger partial charge in [0, 0.05) is 33.8 Å².